The van der Waals surface area contributed by atoms with Gasteiger partial charge in [-0.05, 0) is 45.9 Å². The highest BCUT2D eigenvalue weighted by Crippen LogP contribution is 2.34. The normalized spacial score (nSPS) is 11.4. The molecule has 0 atom stereocenters. The van der Waals surface area contributed by atoms with Crippen LogP contribution >= 0.6 is 0 Å². The molecule has 152 valence electrons. The Balaban J connectivity index is 2.54. The maximum atomic E-state index is 12.5. The van der Waals surface area contributed by atoms with E-state index in [4.69, 9.17) is 21.6 Å². The third-order valence-corrected chi connectivity index (χ3v) is 4.03. The molecule has 0 fully saturated rings. The largest absolute Gasteiger partial charge is 0.481 e. The van der Waals surface area contributed by atoms with Crippen LogP contribution in [0.15, 0.2) is 30.4 Å². The van der Waals surface area contributed by atoms with Crippen molar-refractivity contribution < 1.29 is 23.9 Å². The molecule has 0 bridgehead atoms. The molecule has 0 radical (unpaired) electrons. The fourth-order valence-electron chi connectivity index (χ4n) is 2.98. The second-order valence-corrected chi connectivity index (χ2v) is 7.36. The van der Waals surface area contributed by atoms with Crippen LogP contribution in [-0.2, 0) is 20.9 Å². The number of amides is 1. The molecule has 0 aliphatic rings. The Morgan fingerprint density at radius 3 is 2.55 bits per heavy atom. The third kappa shape index (κ3) is 5.05. The Morgan fingerprint density at radius 1 is 1.28 bits per heavy atom. The van der Waals surface area contributed by atoms with Gasteiger partial charge >= 0.3 is 5.97 Å². The lowest BCUT2D eigenvalue weighted by molar-refractivity contribution is -0.157. The van der Waals surface area contributed by atoms with Gasteiger partial charge in [-0.2, -0.15) is 0 Å². The van der Waals surface area contributed by atoms with E-state index in [0.717, 1.165) is 0 Å². The second kappa shape index (κ2) is 8.65. The highest BCUT2D eigenvalue weighted by atomic mass is 16.6. The number of primary amides is 1. The molecule has 1 amide bonds. The fraction of sp³-hybridized carbons (Fsp3) is 0.318. The molecule has 7 nitrogen and oxygen atoms in total. The number of hydrogen-bond acceptors (Lipinski definition) is 5. The predicted molar refractivity (Wildman–Crippen MR) is 110 cm³/mol. The van der Waals surface area contributed by atoms with E-state index in [1.165, 1.54) is 0 Å². The van der Waals surface area contributed by atoms with Gasteiger partial charge in [-0.1, -0.05) is 18.1 Å². The van der Waals surface area contributed by atoms with Crippen LogP contribution < -0.4 is 10.5 Å². The highest BCUT2D eigenvalue weighted by Gasteiger charge is 2.26. The van der Waals surface area contributed by atoms with Crippen LogP contribution in [0, 0.1) is 19.3 Å². The summed E-state index contributed by atoms with van der Waals surface area (Å²) in [7, 11) is 0. The molecule has 1 aromatic heterocycles. The van der Waals surface area contributed by atoms with E-state index in [1.54, 1.807) is 58.0 Å². The maximum absolute atomic E-state index is 12.5. The zero-order valence-corrected chi connectivity index (χ0v) is 16.9. The Bertz CT molecular complexity index is 1030. The zero-order chi connectivity index (χ0) is 21.8. The average molecular weight is 396 g/mol. The first-order chi connectivity index (χ1) is 13.6. The number of nitrogens with two attached hydrogens (primary N) is 1. The lowest BCUT2D eigenvalue weighted by Gasteiger charge is -2.19. The van der Waals surface area contributed by atoms with Gasteiger partial charge in [0.1, 0.15) is 11.4 Å². The molecule has 7 heteroatoms. The number of ether oxygens (including phenoxy) is 2. The van der Waals surface area contributed by atoms with Gasteiger partial charge in [0.15, 0.2) is 6.61 Å². The standard InChI is InChI=1S/C22H24N2O5/c1-6-7-8-12-24-14(2)18(20(26)21(23)27)19-15(24)10-9-11-16(19)28-13-17(25)29-22(3,4)5/h1,7-11H,12-13H2,2-5H3,(H2,23,27)/b8-7+. The number of esters is 1. The van der Waals surface area contributed by atoms with Crippen molar-refractivity contribution in [2.45, 2.75) is 39.8 Å². The summed E-state index contributed by atoms with van der Waals surface area (Å²) in [6.45, 7) is 7.00. The number of nitrogens with zero attached hydrogens (tertiary/aromatic N) is 1. The van der Waals surface area contributed by atoms with Crippen molar-refractivity contribution in [1.82, 2.24) is 4.57 Å². The van der Waals surface area contributed by atoms with Gasteiger partial charge in [0.2, 0.25) is 0 Å². The number of fused-ring (bicyclic) bond motifs is 1. The van der Waals surface area contributed by atoms with E-state index in [-0.39, 0.29) is 17.9 Å². The number of allylic oxidation sites excluding steroid dienone is 2. The molecule has 0 saturated heterocycles. The molecule has 0 unspecified atom stereocenters. The van der Waals surface area contributed by atoms with Gasteiger partial charge in [0.05, 0.1) is 16.5 Å². The van der Waals surface area contributed by atoms with Gasteiger partial charge in [0, 0.05) is 12.2 Å². The Labute approximate surface area is 169 Å². The number of benzene rings is 1. The molecule has 2 rings (SSSR count). The first kappa shape index (κ1) is 21.8. The number of ketones is 1. The number of rotatable bonds is 7. The molecule has 1 aromatic carbocycles. The summed E-state index contributed by atoms with van der Waals surface area (Å²) in [6.07, 6.45) is 8.54. The zero-order valence-electron chi connectivity index (χ0n) is 16.9. The number of aromatic nitrogens is 1. The van der Waals surface area contributed by atoms with Crippen LogP contribution in [0.1, 0.15) is 36.8 Å². The minimum absolute atomic E-state index is 0.140. The van der Waals surface area contributed by atoms with Gasteiger partial charge in [0.25, 0.3) is 11.7 Å². The van der Waals surface area contributed by atoms with Crippen LogP contribution in [0.25, 0.3) is 10.9 Å². The number of terminal acetylenes is 1. The van der Waals surface area contributed by atoms with E-state index in [2.05, 4.69) is 5.92 Å². The van der Waals surface area contributed by atoms with E-state index in [9.17, 15) is 14.4 Å². The summed E-state index contributed by atoms with van der Waals surface area (Å²) < 4.78 is 12.7. The summed E-state index contributed by atoms with van der Waals surface area (Å²) in [4.78, 5) is 36.1. The number of carbonyl (C=O) groups is 3. The second-order valence-electron chi connectivity index (χ2n) is 7.36. The summed E-state index contributed by atoms with van der Waals surface area (Å²) in [6, 6.07) is 5.13. The molecule has 2 N–H and O–H groups in total. The van der Waals surface area contributed by atoms with Crippen LogP contribution in [0.2, 0.25) is 0 Å². The van der Waals surface area contributed by atoms with Gasteiger partial charge in [-0.3, -0.25) is 9.59 Å². The lowest BCUT2D eigenvalue weighted by atomic mass is 10.1. The van der Waals surface area contributed by atoms with Crippen molar-refractivity contribution in [2.75, 3.05) is 6.61 Å². The molecular weight excluding hydrogens is 372 g/mol. The Hall–Kier alpha value is -3.53. The number of hydrogen-bond donors (Lipinski definition) is 1. The van der Waals surface area contributed by atoms with Gasteiger partial charge < -0.3 is 19.8 Å². The van der Waals surface area contributed by atoms with Gasteiger partial charge in [-0.15, -0.1) is 6.42 Å². The molecule has 0 aliphatic carbocycles. The number of carbonyl (C=O) groups excluding carboxylic acids is 3. The van der Waals surface area contributed by atoms with Crippen LogP contribution in [0.3, 0.4) is 0 Å². The minimum Gasteiger partial charge on any atom is -0.481 e. The van der Waals surface area contributed by atoms with E-state index in [1.807, 2.05) is 4.57 Å². The van der Waals surface area contributed by atoms with E-state index in [0.29, 0.717) is 23.1 Å². The molecule has 1 heterocycles. The number of Topliss-reactive ketones (excluding diaryl/α,β-unsaturated/α-hetero) is 1. The van der Waals surface area contributed by atoms with Gasteiger partial charge in [-0.25, -0.2) is 4.79 Å². The summed E-state index contributed by atoms with van der Waals surface area (Å²) >= 11 is 0. The molecule has 2 aromatic rings. The minimum atomic E-state index is -1.08. The maximum Gasteiger partial charge on any atom is 0.344 e. The summed E-state index contributed by atoms with van der Waals surface area (Å²) in [5, 5.41) is 0.409. The first-order valence-electron chi connectivity index (χ1n) is 8.98. The molecule has 29 heavy (non-hydrogen) atoms. The average Bonchev–Trinajstić information content (AvgIpc) is 2.90. The SMILES string of the molecule is C#C/C=C/Cn1c(C)c(C(=O)C(N)=O)c2c(OCC(=O)OC(C)(C)C)cccc21. The van der Waals surface area contributed by atoms with Crippen LogP contribution in [-0.4, -0.2) is 34.4 Å². The van der Waals surface area contributed by atoms with E-state index >= 15 is 0 Å². The predicted octanol–water partition coefficient (Wildman–Crippen LogP) is 2.53. The van der Waals surface area contributed by atoms with Crippen molar-refractivity contribution in [3.05, 3.63) is 41.6 Å². The monoisotopic (exact) mass is 396 g/mol. The quantitative estimate of drug-likeness (QED) is 0.335. The van der Waals surface area contributed by atoms with Crippen molar-refractivity contribution in [2.24, 2.45) is 5.73 Å². The molecular formula is C22H24N2O5. The molecule has 0 saturated carbocycles. The molecule has 0 spiro atoms. The van der Waals surface area contributed by atoms with Crippen LogP contribution in [0.5, 0.6) is 5.75 Å². The van der Waals surface area contributed by atoms with E-state index < -0.39 is 23.3 Å². The smallest absolute Gasteiger partial charge is 0.344 e. The fourth-order valence-corrected chi connectivity index (χ4v) is 2.98. The van der Waals surface area contributed by atoms with Crippen molar-refractivity contribution >= 4 is 28.6 Å². The third-order valence-electron chi connectivity index (χ3n) is 4.03. The molecule has 0 aliphatic heterocycles. The Kier molecular flexibility index (Phi) is 6.49. The van der Waals surface area contributed by atoms with Crippen LogP contribution in [0.4, 0.5) is 0 Å². The van der Waals surface area contributed by atoms with Crippen molar-refractivity contribution in [1.29, 1.82) is 0 Å². The summed E-state index contributed by atoms with van der Waals surface area (Å²) in [5.74, 6) is 0.224. The van der Waals surface area contributed by atoms with Crippen molar-refractivity contribution in [3.63, 3.8) is 0 Å². The van der Waals surface area contributed by atoms with Crippen molar-refractivity contribution in [3.8, 4) is 18.1 Å². The lowest BCUT2D eigenvalue weighted by Crippen LogP contribution is -2.27. The first-order valence-corrected chi connectivity index (χ1v) is 8.98. The Morgan fingerprint density at radius 2 is 1.97 bits per heavy atom. The topological polar surface area (TPSA) is 101 Å². The summed E-state index contributed by atoms with van der Waals surface area (Å²) in [5.41, 5.74) is 5.93. The highest BCUT2D eigenvalue weighted by molar-refractivity contribution is 6.45.